The highest BCUT2D eigenvalue weighted by atomic mass is 14.6. The molecule has 0 bridgehead atoms. The third-order valence-electron chi connectivity index (χ3n) is 3.10. The molecule has 0 fully saturated rings. The van der Waals surface area contributed by atoms with Crippen LogP contribution in [0.4, 0.5) is 0 Å². The topological polar surface area (TPSA) is 26.0 Å². The van der Waals surface area contributed by atoms with Gasteiger partial charge in [-0.1, -0.05) is 44.2 Å². The maximum absolute atomic E-state index is 5.90. The molecule has 0 saturated carbocycles. The summed E-state index contributed by atoms with van der Waals surface area (Å²) in [6, 6.07) is 9.18. The Balaban J connectivity index is 2.19. The Bertz CT molecular complexity index is 390. The van der Waals surface area contributed by atoms with Crippen LogP contribution in [0.1, 0.15) is 37.8 Å². The van der Waals surface area contributed by atoms with Crippen LogP contribution in [0, 0.1) is 5.92 Å². The zero-order chi connectivity index (χ0) is 11.5. The summed E-state index contributed by atoms with van der Waals surface area (Å²) in [5.74, 6) is 0.718. The number of allylic oxidation sites excluding steroid dienone is 1. The molecule has 0 aliphatic heterocycles. The van der Waals surface area contributed by atoms with E-state index in [-0.39, 0.29) is 6.04 Å². The lowest BCUT2D eigenvalue weighted by Crippen LogP contribution is -2.11. The second-order valence-corrected chi connectivity index (χ2v) is 5.19. The summed E-state index contributed by atoms with van der Waals surface area (Å²) in [5.41, 5.74) is 10.1. The Morgan fingerprint density at radius 2 is 2.19 bits per heavy atom. The fraction of sp³-hybridized carbons (Fsp3) is 0.467. The predicted octanol–water partition coefficient (Wildman–Crippen LogP) is 3.39. The first-order chi connectivity index (χ1) is 7.65. The van der Waals surface area contributed by atoms with Crippen molar-refractivity contribution in [2.24, 2.45) is 11.7 Å². The van der Waals surface area contributed by atoms with Crippen LogP contribution in [0.5, 0.6) is 0 Å². The van der Waals surface area contributed by atoms with Crippen molar-refractivity contribution in [1.29, 1.82) is 0 Å². The van der Waals surface area contributed by atoms with Crippen LogP contribution >= 0.6 is 0 Å². The van der Waals surface area contributed by atoms with Gasteiger partial charge in [-0.25, -0.2) is 0 Å². The monoisotopic (exact) mass is 215 g/mol. The lowest BCUT2D eigenvalue weighted by molar-refractivity contribution is 0.647. The summed E-state index contributed by atoms with van der Waals surface area (Å²) in [6.45, 7) is 4.52. The quantitative estimate of drug-likeness (QED) is 0.821. The van der Waals surface area contributed by atoms with Crippen LogP contribution in [0.2, 0.25) is 0 Å². The van der Waals surface area contributed by atoms with E-state index in [1.165, 1.54) is 16.7 Å². The Morgan fingerprint density at radius 1 is 1.38 bits per heavy atom. The van der Waals surface area contributed by atoms with Gasteiger partial charge in [-0.05, 0) is 41.9 Å². The number of rotatable bonds is 3. The summed E-state index contributed by atoms with van der Waals surface area (Å²) in [4.78, 5) is 0. The van der Waals surface area contributed by atoms with Crippen molar-refractivity contribution in [3.8, 4) is 0 Å². The van der Waals surface area contributed by atoms with Crippen LogP contribution in [0.15, 0.2) is 30.3 Å². The lowest BCUT2D eigenvalue weighted by Gasteiger charge is -2.08. The molecule has 1 aliphatic carbocycles. The minimum absolute atomic E-state index is 0.267. The SMILES string of the molecule is CC(C)Cc1cccc(C2=CC(N)CC2)c1. The second-order valence-electron chi connectivity index (χ2n) is 5.19. The van der Waals surface area contributed by atoms with Gasteiger partial charge in [0.15, 0.2) is 0 Å². The predicted molar refractivity (Wildman–Crippen MR) is 70.2 cm³/mol. The molecule has 0 radical (unpaired) electrons. The van der Waals surface area contributed by atoms with Crippen molar-refractivity contribution in [3.63, 3.8) is 0 Å². The van der Waals surface area contributed by atoms with E-state index in [2.05, 4.69) is 44.2 Å². The minimum atomic E-state index is 0.267. The number of hydrogen-bond donors (Lipinski definition) is 1. The lowest BCUT2D eigenvalue weighted by atomic mass is 9.98. The molecule has 0 heterocycles. The average Bonchev–Trinajstić information content (AvgIpc) is 2.64. The molecule has 1 heteroatoms. The van der Waals surface area contributed by atoms with Crippen molar-refractivity contribution in [2.45, 2.75) is 39.2 Å². The van der Waals surface area contributed by atoms with Crippen LogP contribution in [0.25, 0.3) is 5.57 Å². The van der Waals surface area contributed by atoms with E-state index in [0.717, 1.165) is 25.2 Å². The van der Waals surface area contributed by atoms with Gasteiger partial charge in [0.2, 0.25) is 0 Å². The normalized spacial score (nSPS) is 20.2. The molecule has 2 N–H and O–H groups in total. The van der Waals surface area contributed by atoms with E-state index < -0.39 is 0 Å². The second kappa shape index (κ2) is 4.84. The summed E-state index contributed by atoms with van der Waals surface area (Å²) in [6.07, 6.45) is 5.61. The maximum Gasteiger partial charge on any atom is 0.0232 e. The van der Waals surface area contributed by atoms with Gasteiger partial charge in [-0.15, -0.1) is 0 Å². The van der Waals surface area contributed by atoms with Crippen molar-refractivity contribution in [3.05, 3.63) is 41.5 Å². The molecule has 1 nitrogen and oxygen atoms in total. The fourth-order valence-electron chi connectivity index (χ4n) is 2.36. The molecule has 1 unspecified atom stereocenters. The average molecular weight is 215 g/mol. The van der Waals surface area contributed by atoms with E-state index in [1.54, 1.807) is 0 Å². The number of benzene rings is 1. The molecule has 0 aromatic heterocycles. The molecule has 1 aromatic rings. The van der Waals surface area contributed by atoms with E-state index >= 15 is 0 Å². The van der Waals surface area contributed by atoms with Gasteiger partial charge in [-0.3, -0.25) is 0 Å². The molecular weight excluding hydrogens is 194 g/mol. The van der Waals surface area contributed by atoms with Crippen LogP contribution in [-0.4, -0.2) is 6.04 Å². The van der Waals surface area contributed by atoms with Gasteiger partial charge < -0.3 is 5.73 Å². The Kier molecular flexibility index (Phi) is 3.45. The van der Waals surface area contributed by atoms with Crippen LogP contribution in [-0.2, 0) is 6.42 Å². The molecule has 16 heavy (non-hydrogen) atoms. The van der Waals surface area contributed by atoms with Crippen molar-refractivity contribution in [2.75, 3.05) is 0 Å². The molecular formula is C15H21N. The van der Waals surface area contributed by atoms with Gasteiger partial charge in [0.25, 0.3) is 0 Å². The van der Waals surface area contributed by atoms with Gasteiger partial charge in [0.1, 0.15) is 0 Å². The largest absolute Gasteiger partial charge is 0.324 e. The van der Waals surface area contributed by atoms with Gasteiger partial charge >= 0.3 is 0 Å². The van der Waals surface area contributed by atoms with Gasteiger partial charge in [0, 0.05) is 6.04 Å². The van der Waals surface area contributed by atoms with Crippen LogP contribution in [0.3, 0.4) is 0 Å². The van der Waals surface area contributed by atoms with Crippen molar-refractivity contribution >= 4 is 5.57 Å². The highest BCUT2D eigenvalue weighted by molar-refractivity contribution is 5.68. The molecule has 1 aliphatic rings. The maximum atomic E-state index is 5.90. The zero-order valence-electron chi connectivity index (χ0n) is 10.2. The zero-order valence-corrected chi connectivity index (χ0v) is 10.2. The summed E-state index contributed by atoms with van der Waals surface area (Å²) >= 11 is 0. The molecule has 1 aromatic carbocycles. The smallest absolute Gasteiger partial charge is 0.0232 e. The van der Waals surface area contributed by atoms with Crippen molar-refractivity contribution < 1.29 is 0 Å². The molecule has 2 rings (SSSR count). The van der Waals surface area contributed by atoms with Gasteiger partial charge in [-0.2, -0.15) is 0 Å². The summed E-state index contributed by atoms with van der Waals surface area (Å²) in [5, 5.41) is 0. The first-order valence-electron chi connectivity index (χ1n) is 6.21. The Hall–Kier alpha value is -1.08. The third-order valence-corrected chi connectivity index (χ3v) is 3.10. The standard InChI is InChI=1S/C15H21N/c1-11(2)8-12-4-3-5-13(9-12)14-6-7-15(16)10-14/h3-5,9-11,15H,6-8,16H2,1-2H3. The Morgan fingerprint density at radius 3 is 2.81 bits per heavy atom. The summed E-state index contributed by atoms with van der Waals surface area (Å²) < 4.78 is 0. The van der Waals surface area contributed by atoms with E-state index in [0.29, 0.717) is 0 Å². The van der Waals surface area contributed by atoms with E-state index in [4.69, 9.17) is 5.73 Å². The third kappa shape index (κ3) is 2.73. The van der Waals surface area contributed by atoms with E-state index in [1.807, 2.05) is 0 Å². The molecule has 0 amide bonds. The first-order valence-corrected chi connectivity index (χ1v) is 6.21. The van der Waals surface area contributed by atoms with E-state index in [9.17, 15) is 0 Å². The fourth-order valence-corrected chi connectivity index (χ4v) is 2.36. The van der Waals surface area contributed by atoms with Crippen LogP contribution < -0.4 is 5.73 Å². The van der Waals surface area contributed by atoms with Crippen molar-refractivity contribution in [1.82, 2.24) is 0 Å². The summed E-state index contributed by atoms with van der Waals surface area (Å²) in [7, 11) is 0. The molecule has 0 spiro atoms. The molecule has 0 saturated heterocycles. The molecule has 1 atom stereocenters. The Labute approximate surface area is 98.4 Å². The highest BCUT2D eigenvalue weighted by Crippen LogP contribution is 2.27. The minimum Gasteiger partial charge on any atom is -0.324 e. The first kappa shape index (κ1) is 11.4. The van der Waals surface area contributed by atoms with Gasteiger partial charge in [0.05, 0.1) is 0 Å². The molecule has 86 valence electrons. The number of nitrogens with two attached hydrogens (primary N) is 1. The number of hydrogen-bond acceptors (Lipinski definition) is 1. The highest BCUT2D eigenvalue weighted by Gasteiger charge is 2.13.